The highest BCUT2D eigenvalue weighted by molar-refractivity contribution is 9.09. The first kappa shape index (κ1) is 16.6. The predicted molar refractivity (Wildman–Crippen MR) is 101 cm³/mol. The maximum atomic E-state index is 12.7. The Morgan fingerprint density at radius 1 is 1.29 bits per heavy atom. The van der Waals surface area contributed by atoms with Gasteiger partial charge in [0, 0.05) is 29.9 Å². The number of aromatic nitrogens is 1. The van der Waals surface area contributed by atoms with Crippen LogP contribution in [0.15, 0.2) is 52.8 Å². The van der Waals surface area contributed by atoms with E-state index < -0.39 is 0 Å². The molecule has 0 aliphatic heterocycles. The molecule has 24 heavy (non-hydrogen) atoms. The lowest BCUT2D eigenvalue weighted by Crippen LogP contribution is -2.09. The van der Waals surface area contributed by atoms with E-state index in [2.05, 4.69) is 15.9 Å². The van der Waals surface area contributed by atoms with Crippen molar-refractivity contribution in [1.82, 2.24) is 4.57 Å². The minimum absolute atomic E-state index is 0.0601. The van der Waals surface area contributed by atoms with Gasteiger partial charge in [-0.3, -0.25) is 4.79 Å². The highest BCUT2D eigenvalue weighted by Crippen LogP contribution is 2.30. The predicted octanol–water partition coefficient (Wildman–Crippen LogP) is 4.12. The van der Waals surface area contributed by atoms with Gasteiger partial charge in [-0.1, -0.05) is 33.6 Å². The van der Waals surface area contributed by atoms with Gasteiger partial charge in [0.2, 0.25) is 5.43 Å². The Balaban J connectivity index is 2.15. The van der Waals surface area contributed by atoms with Crippen molar-refractivity contribution in [3.63, 3.8) is 0 Å². The molecule has 0 bridgehead atoms. The highest BCUT2D eigenvalue weighted by Gasteiger charge is 2.13. The van der Waals surface area contributed by atoms with E-state index in [1.165, 1.54) is 11.6 Å². The van der Waals surface area contributed by atoms with Gasteiger partial charge in [0.25, 0.3) is 0 Å². The van der Waals surface area contributed by atoms with E-state index in [9.17, 15) is 9.90 Å². The Kier molecular flexibility index (Phi) is 4.62. The number of para-hydroxylation sites is 1. The van der Waals surface area contributed by atoms with Gasteiger partial charge in [-0.2, -0.15) is 0 Å². The summed E-state index contributed by atoms with van der Waals surface area (Å²) in [4.78, 5) is 12.7. The first-order chi connectivity index (χ1) is 11.5. The van der Waals surface area contributed by atoms with E-state index in [0.717, 1.165) is 10.8 Å². The SMILES string of the molecule is CC(=CCOc1cc(O)c2c(=O)c3ccccc3n(C)c2c1)CBr. The summed E-state index contributed by atoms with van der Waals surface area (Å²) in [6.07, 6.45) is 1.97. The Hall–Kier alpha value is -2.27. The van der Waals surface area contributed by atoms with Gasteiger partial charge in [0.1, 0.15) is 18.1 Å². The van der Waals surface area contributed by atoms with E-state index in [-0.39, 0.29) is 11.2 Å². The molecule has 1 aromatic heterocycles. The Labute approximate surface area is 148 Å². The first-order valence-corrected chi connectivity index (χ1v) is 8.74. The van der Waals surface area contributed by atoms with Crippen LogP contribution in [0.3, 0.4) is 0 Å². The number of aromatic hydroxyl groups is 1. The van der Waals surface area contributed by atoms with Gasteiger partial charge in [-0.15, -0.1) is 0 Å². The number of aryl methyl sites for hydroxylation is 1. The Morgan fingerprint density at radius 2 is 2.04 bits per heavy atom. The molecule has 0 fully saturated rings. The fourth-order valence-electron chi connectivity index (χ4n) is 2.72. The van der Waals surface area contributed by atoms with Crippen LogP contribution in [0, 0.1) is 0 Å². The molecule has 1 heterocycles. The summed E-state index contributed by atoms with van der Waals surface area (Å²) < 4.78 is 7.60. The van der Waals surface area contributed by atoms with Gasteiger partial charge in [-0.05, 0) is 25.1 Å². The molecule has 0 saturated heterocycles. The molecule has 124 valence electrons. The van der Waals surface area contributed by atoms with Crippen molar-refractivity contribution in [1.29, 1.82) is 0 Å². The number of halogens is 1. The molecule has 0 saturated carbocycles. The van der Waals surface area contributed by atoms with Crippen LogP contribution in [0.1, 0.15) is 6.92 Å². The summed E-state index contributed by atoms with van der Waals surface area (Å²) in [6, 6.07) is 10.7. The van der Waals surface area contributed by atoms with Crippen molar-refractivity contribution in [2.24, 2.45) is 7.05 Å². The third kappa shape index (κ3) is 2.91. The number of alkyl halides is 1. The number of benzene rings is 2. The lowest BCUT2D eigenvalue weighted by molar-refractivity contribution is 0.359. The molecule has 4 nitrogen and oxygen atoms in total. The first-order valence-electron chi connectivity index (χ1n) is 7.61. The molecule has 0 aliphatic carbocycles. The minimum atomic E-state index is -0.169. The standard InChI is InChI=1S/C19H18BrNO3/c1-12(11-20)7-8-24-13-9-16-18(17(22)10-13)19(23)14-5-3-4-6-15(14)21(16)2/h3-7,9-10,22H,8,11H2,1-2H3. The molecular weight excluding hydrogens is 370 g/mol. The van der Waals surface area contributed by atoms with Crippen LogP contribution in [0.5, 0.6) is 11.5 Å². The van der Waals surface area contributed by atoms with Crippen molar-refractivity contribution in [2.45, 2.75) is 6.92 Å². The number of fused-ring (bicyclic) bond motifs is 2. The normalized spacial score (nSPS) is 12.0. The van der Waals surface area contributed by atoms with Crippen LogP contribution < -0.4 is 10.2 Å². The molecule has 5 heteroatoms. The van der Waals surface area contributed by atoms with Gasteiger partial charge in [0.05, 0.1) is 16.4 Å². The molecule has 1 N–H and O–H groups in total. The smallest absolute Gasteiger partial charge is 0.200 e. The molecule has 0 radical (unpaired) electrons. The topological polar surface area (TPSA) is 51.5 Å². The zero-order valence-electron chi connectivity index (χ0n) is 13.5. The van der Waals surface area contributed by atoms with Crippen LogP contribution in [-0.4, -0.2) is 21.6 Å². The summed E-state index contributed by atoms with van der Waals surface area (Å²) >= 11 is 3.38. The lowest BCUT2D eigenvalue weighted by atomic mass is 10.1. The number of hydrogen-bond donors (Lipinski definition) is 1. The molecular formula is C19H18BrNO3. The van der Waals surface area contributed by atoms with Crippen molar-refractivity contribution in [3.05, 3.63) is 58.3 Å². The van der Waals surface area contributed by atoms with Gasteiger partial charge in [0.15, 0.2) is 0 Å². The van der Waals surface area contributed by atoms with Crippen molar-refractivity contribution < 1.29 is 9.84 Å². The van der Waals surface area contributed by atoms with E-state index in [1.54, 1.807) is 12.1 Å². The van der Waals surface area contributed by atoms with Crippen molar-refractivity contribution >= 4 is 37.7 Å². The van der Waals surface area contributed by atoms with Gasteiger partial charge >= 0.3 is 0 Å². The summed E-state index contributed by atoms with van der Waals surface area (Å²) in [6.45, 7) is 2.41. The fraction of sp³-hybridized carbons (Fsp3) is 0.211. The summed E-state index contributed by atoms with van der Waals surface area (Å²) in [7, 11) is 1.88. The molecule has 3 rings (SSSR count). The maximum Gasteiger partial charge on any atom is 0.200 e. The third-order valence-electron chi connectivity index (χ3n) is 4.06. The average Bonchev–Trinajstić information content (AvgIpc) is 2.59. The van der Waals surface area contributed by atoms with Crippen LogP contribution in [0.2, 0.25) is 0 Å². The zero-order chi connectivity index (χ0) is 17.3. The number of ether oxygens (including phenoxy) is 1. The van der Waals surface area contributed by atoms with Crippen molar-refractivity contribution in [3.8, 4) is 11.5 Å². The number of nitrogens with zero attached hydrogens (tertiary/aromatic N) is 1. The number of pyridine rings is 1. The second-order valence-electron chi connectivity index (χ2n) is 5.74. The lowest BCUT2D eigenvalue weighted by Gasteiger charge is -2.13. The van der Waals surface area contributed by atoms with Crippen LogP contribution in [0.25, 0.3) is 21.8 Å². The number of rotatable bonds is 4. The second kappa shape index (κ2) is 6.69. The minimum Gasteiger partial charge on any atom is -0.507 e. The van der Waals surface area contributed by atoms with Crippen LogP contribution >= 0.6 is 15.9 Å². The summed E-state index contributed by atoms with van der Waals surface area (Å²) in [5.41, 5.74) is 2.47. The van der Waals surface area contributed by atoms with Crippen molar-refractivity contribution in [2.75, 3.05) is 11.9 Å². The molecule has 3 aromatic rings. The zero-order valence-corrected chi connectivity index (χ0v) is 15.1. The molecule has 0 aliphatic rings. The molecule has 0 atom stereocenters. The molecule has 0 amide bonds. The van der Waals surface area contributed by atoms with E-state index in [4.69, 9.17) is 4.74 Å². The van der Waals surface area contributed by atoms with E-state index in [0.29, 0.717) is 28.6 Å². The second-order valence-corrected chi connectivity index (χ2v) is 6.30. The Bertz CT molecular complexity index is 1000. The molecule has 0 spiro atoms. The van der Waals surface area contributed by atoms with E-state index in [1.807, 2.05) is 42.8 Å². The van der Waals surface area contributed by atoms with Gasteiger partial charge < -0.3 is 14.4 Å². The highest BCUT2D eigenvalue weighted by atomic mass is 79.9. The fourth-order valence-corrected chi connectivity index (χ4v) is 2.95. The Morgan fingerprint density at radius 3 is 2.79 bits per heavy atom. The number of phenolic OH excluding ortho intramolecular Hbond substituents is 1. The molecule has 0 unspecified atom stereocenters. The third-order valence-corrected chi connectivity index (χ3v) is 4.95. The largest absolute Gasteiger partial charge is 0.507 e. The maximum absolute atomic E-state index is 12.7. The summed E-state index contributed by atoms with van der Waals surface area (Å²) in [5.74, 6) is 0.471. The van der Waals surface area contributed by atoms with Crippen LogP contribution in [0.4, 0.5) is 0 Å². The number of phenols is 1. The van der Waals surface area contributed by atoms with Crippen LogP contribution in [-0.2, 0) is 7.05 Å². The average molecular weight is 388 g/mol. The quantitative estimate of drug-likeness (QED) is 0.416. The van der Waals surface area contributed by atoms with E-state index >= 15 is 0 Å². The van der Waals surface area contributed by atoms with Gasteiger partial charge in [-0.25, -0.2) is 0 Å². The number of allylic oxidation sites excluding steroid dienone is 1. The summed E-state index contributed by atoms with van der Waals surface area (Å²) in [5, 5.41) is 12.1. The monoisotopic (exact) mass is 387 g/mol. The molecule has 2 aromatic carbocycles. The number of hydrogen-bond acceptors (Lipinski definition) is 3.